The summed E-state index contributed by atoms with van der Waals surface area (Å²) in [6.07, 6.45) is 1.59. The van der Waals surface area contributed by atoms with Crippen LogP contribution in [0.3, 0.4) is 0 Å². The first-order valence-electron chi connectivity index (χ1n) is 13.4. The molecule has 1 fully saturated rings. The van der Waals surface area contributed by atoms with Gasteiger partial charge in [-0.1, -0.05) is 82.7 Å². The van der Waals surface area contributed by atoms with Gasteiger partial charge in [0.05, 0.1) is 17.1 Å². The number of hydrogen-bond donors (Lipinski definition) is 1. The smallest absolute Gasteiger partial charge is 0.309 e. The third-order valence-electron chi connectivity index (χ3n) is 7.38. The number of halogens is 1. The molecule has 0 saturated carbocycles. The third-order valence-corrected chi connectivity index (χ3v) is 7.91. The molecule has 6 nitrogen and oxygen atoms in total. The van der Waals surface area contributed by atoms with Gasteiger partial charge in [-0.25, -0.2) is 9.69 Å². The monoisotopic (exact) mass is 615 g/mol. The maximum absolute atomic E-state index is 13.8. The van der Waals surface area contributed by atoms with E-state index in [0.29, 0.717) is 11.3 Å². The minimum Gasteiger partial charge on any atom is -0.309 e. The van der Waals surface area contributed by atoms with Gasteiger partial charge in [-0.3, -0.25) is 14.9 Å². The Morgan fingerprint density at radius 3 is 1.95 bits per heavy atom. The molecule has 0 bridgehead atoms. The zero-order chi connectivity index (χ0) is 29.4. The molecule has 0 spiro atoms. The van der Waals surface area contributed by atoms with E-state index in [9.17, 15) is 14.4 Å². The van der Waals surface area contributed by atoms with E-state index in [1.165, 1.54) is 0 Å². The molecule has 1 saturated heterocycles. The lowest BCUT2D eigenvalue weighted by Gasteiger charge is -2.27. The zero-order valence-corrected chi connectivity index (χ0v) is 24.6. The summed E-state index contributed by atoms with van der Waals surface area (Å²) >= 11 is 3.53. The van der Waals surface area contributed by atoms with Gasteiger partial charge >= 0.3 is 6.03 Å². The number of rotatable bonds is 5. The number of aryl methyl sites for hydroxylation is 2. The van der Waals surface area contributed by atoms with Crippen molar-refractivity contribution in [2.45, 2.75) is 13.8 Å². The summed E-state index contributed by atoms with van der Waals surface area (Å²) in [6, 6.07) is 34.3. The number of aromatic nitrogens is 1. The van der Waals surface area contributed by atoms with Gasteiger partial charge in [-0.2, -0.15) is 0 Å². The number of barbiturate groups is 1. The number of carbonyl (C=O) groups is 3. The fourth-order valence-corrected chi connectivity index (χ4v) is 5.39. The lowest BCUT2D eigenvalue weighted by molar-refractivity contribution is -0.122. The zero-order valence-electron chi connectivity index (χ0n) is 23.0. The van der Waals surface area contributed by atoms with Gasteiger partial charge in [0.15, 0.2) is 0 Å². The Morgan fingerprint density at radius 2 is 1.31 bits per heavy atom. The van der Waals surface area contributed by atoms with E-state index in [0.717, 1.165) is 48.7 Å². The summed E-state index contributed by atoms with van der Waals surface area (Å²) in [6.45, 7) is 3.87. The predicted molar refractivity (Wildman–Crippen MR) is 169 cm³/mol. The quantitative estimate of drug-likeness (QED) is 0.162. The summed E-state index contributed by atoms with van der Waals surface area (Å²) in [4.78, 5) is 40.9. The van der Waals surface area contributed by atoms with Gasteiger partial charge < -0.3 is 4.57 Å². The van der Waals surface area contributed by atoms with Crippen LogP contribution in [0, 0.1) is 13.8 Å². The number of urea groups is 1. The molecule has 0 unspecified atom stereocenters. The Kier molecular flexibility index (Phi) is 7.19. The Balaban J connectivity index is 1.59. The molecule has 1 aliphatic rings. The molecule has 7 heteroatoms. The number of amides is 4. The lowest BCUT2D eigenvalue weighted by atomic mass is 10.0. The second kappa shape index (κ2) is 11.1. The van der Waals surface area contributed by atoms with Crippen LogP contribution in [-0.2, 0) is 9.59 Å². The van der Waals surface area contributed by atoms with E-state index in [4.69, 9.17) is 0 Å². The first kappa shape index (κ1) is 27.2. The number of hydrogen-bond acceptors (Lipinski definition) is 3. The summed E-state index contributed by atoms with van der Waals surface area (Å²) in [5.74, 6) is -1.41. The van der Waals surface area contributed by atoms with E-state index in [2.05, 4.69) is 25.8 Å². The van der Waals surface area contributed by atoms with Crippen molar-refractivity contribution in [3.8, 4) is 28.2 Å². The highest BCUT2D eigenvalue weighted by molar-refractivity contribution is 9.10. The normalized spacial score (nSPS) is 14.4. The van der Waals surface area contributed by atoms with Crippen LogP contribution < -0.4 is 10.2 Å². The number of nitrogens with zero attached hydrogens (tertiary/aromatic N) is 2. The van der Waals surface area contributed by atoms with Crippen LogP contribution >= 0.6 is 15.9 Å². The molecule has 1 N–H and O–H groups in total. The molecule has 1 aromatic heterocycles. The van der Waals surface area contributed by atoms with Gasteiger partial charge in [-0.05, 0) is 84.6 Å². The SMILES string of the molecule is Cc1ccc(N2C(=O)NC(=O)/C(=C/c3cc(-c4ccccc4)n(-c4ccc(Br)cc4)c3-c3ccccc3)C2=O)cc1C. The Labute approximate surface area is 252 Å². The van der Waals surface area contributed by atoms with Crippen LogP contribution in [0.15, 0.2) is 119 Å². The van der Waals surface area contributed by atoms with Gasteiger partial charge in [0, 0.05) is 15.7 Å². The number of benzene rings is 4. The summed E-state index contributed by atoms with van der Waals surface area (Å²) in [5, 5.41) is 2.36. The second-order valence-electron chi connectivity index (χ2n) is 10.1. The molecule has 1 aliphatic heterocycles. The highest BCUT2D eigenvalue weighted by Gasteiger charge is 2.37. The van der Waals surface area contributed by atoms with Crippen LogP contribution in [0.5, 0.6) is 0 Å². The van der Waals surface area contributed by atoms with Crippen molar-refractivity contribution >= 4 is 45.5 Å². The van der Waals surface area contributed by atoms with E-state index < -0.39 is 17.8 Å². The van der Waals surface area contributed by atoms with Gasteiger partial charge in [0.1, 0.15) is 5.57 Å². The molecule has 4 amide bonds. The van der Waals surface area contributed by atoms with E-state index >= 15 is 0 Å². The number of imide groups is 2. The van der Waals surface area contributed by atoms with Crippen LogP contribution in [0.1, 0.15) is 16.7 Å². The first-order chi connectivity index (χ1) is 20.3. The molecule has 42 heavy (non-hydrogen) atoms. The standard InChI is InChI=1S/C35H26BrN3O3/c1-22-13-16-29(19-23(22)2)39-34(41)30(33(40)37-35(39)42)20-26-21-31(24-9-5-3-6-10-24)38(28-17-14-27(36)15-18-28)32(26)25-11-7-4-8-12-25/h3-21H,1-2H3,(H,37,40,42)/b30-20-. The number of carbonyl (C=O) groups excluding carboxylic acids is 3. The minimum atomic E-state index is -0.772. The molecule has 0 radical (unpaired) electrons. The van der Waals surface area contributed by atoms with Crippen LogP contribution in [-0.4, -0.2) is 22.4 Å². The molecule has 0 atom stereocenters. The fraction of sp³-hybridized carbons (Fsp3) is 0.0571. The molecule has 206 valence electrons. The third kappa shape index (κ3) is 4.99. The van der Waals surface area contributed by atoms with E-state index in [1.807, 2.05) is 111 Å². The molecular formula is C35H26BrN3O3. The Hall–Kier alpha value is -5.01. The van der Waals surface area contributed by atoms with Crippen molar-refractivity contribution in [1.82, 2.24) is 9.88 Å². The number of nitrogens with one attached hydrogen (secondary N) is 1. The van der Waals surface area contributed by atoms with Crippen molar-refractivity contribution in [2.75, 3.05) is 4.90 Å². The summed E-state index contributed by atoms with van der Waals surface area (Å²) < 4.78 is 3.07. The number of anilines is 1. The predicted octanol–water partition coefficient (Wildman–Crippen LogP) is 7.86. The lowest BCUT2D eigenvalue weighted by Crippen LogP contribution is -2.54. The molecule has 4 aromatic carbocycles. The van der Waals surface area contributed by atoms with Crippen LogP contribution in [0.2, 0.25) is 0 Å². The average Bonchev–Trinajstić information content (AvgIpc) is 3.37. The van der Waals surface area contributed by atoms with E-state index in [-0.39, 0.29) is 5.57 Å². The van der Waals surface area contributed by atoms with Crippen molar-refractivity contribution in [1.29, 1.82) is 0 Å². The molecule has 6 rings (SSSR count). The topological polar surface area (TPSA) is 71.4 Å². The summed E-state index contributed by atoms with van der Waals surface area (Å²) in [5.41, 5.74) is 7.37. The maximum atomic E-state index is 13.8. The minimum absolute atomic E-state index is 0.127. The molecule has 2 heterocycles. The van der Waals surface area contributed by atoms with Crippen LogP contribution in [0.4, 0.5) is 10.5 Å². The van der Waals surface area contributed by atoms with Crippen molar-refractivity contribution < 1.29 is 14.4 Å². The second-order valence-corrected chi connectivity index (χ2v) is 11.0. The van der Waals surface area contributed by atoms with Gasteiger partial charge in [0.25, 0.3) is 11.8 Å². The van der Waals surface area contributed by atoms with Crippen molar-refractivity contribution in [3.63, 3.8) is 0 Å². The maximum Gasteiger partial charge on any atom is 0.335 e. The van der Waals surface area contributed by atoms with Crippen molar-refractivity contribution in [3.05, 3.63) is 136 Å². The van der Waals surface area contributed by atoms with Gasteiger partial charge in [-0.15, -0.1) is 0 Å². The van der Waals surface area contributed by atoms with E-state index in [1.54, 1.807) is 18.2 Å². The summed E-state index contributed by atoms with van der Waals surface area (Å²) in [7, 11) is 0. The van der Waals surface area contributed by atoms with Gasteiger partial charge in [0.2, 0.25) is 0 Å². The molecular weight excluding hydrogens is 590 g/mol. The molecule has 5 aromatic rings. The average molecular weight is 617 g/mol. The Morgan fingerprint density at radius 1 is 0.690 bits per heavy atom. The first-order valence-corrected chi connectivity index (χ1v) is 14.2. The Bertz CT molecular complexity index is 1870. The van der Waals surface area contributed by atoms with Crippen molar-refractivity contribution in [2.24, 2.45) is 0 Å². The fourth-order valence-electron chi connectivity index (χ4n) is 5.12. The molecule has 0 aliphatic carbocycles. The highest BCUT2D eigenvalue weighted by atomic mass is 79.9. The largest absolute Gasteiger partial charge is 0.335 e. The van der Waals surface area contributed by atoms with Crippen LogP contribution in [0.25, 0.3) is 34.3 Å². The highest BCUT2D eigenvalue weighted by Crippen LogP contribution is 2.38.